The molecule has 0 saturated carbocycles. The second-order valence-corrected chi connectivity index (χ2v) is 5.77. The van der Waals surface area contributed by atoms with Crippen molar-refractivity contribution in [1.29, 1.82) is 0 Å². The number of ether oxygens (including phenoxy) is 2. The van der Waals surface area contributed by atoms with Crippen LogP contribution in [0.25, 0.3) is 0 Å². The molecule has 2 rings (SSSR count). The Bertz CT molecular complexity index is 406. The van der Waals surface area contributed by atoms with Crippen molar-refractivity contribution in [3.8, 4) is 5.75 Å². The number of para-hydroxylation sites is 1. The van der Waals surface area contributed by atoms with E-state index in [2.05, 4.69) is 38.2 Å². The van der Waals surface area contributed by atoms with Crippen molar-refractivity contribution in [1.82, 2.24) is 5.32 Å². The van der Waals surface area contributed by atoms with Crippen molar-refractivity contribution in [2.45, 2.75) is 52.4 Å². The molecule has 3 heteroatoms. The average Bonchev–Trinajstić information content (AvgIpc) is 2.87. The summed E-state index contributed by atoms with van der Waals surface area (Å²) in [5.74, 6) is 1.64. The molecule has 20 heavy (non-hydrogen) atoms. The van der Waals surface area contributed by atoms with Crippen molar-refractivity contribution in [3.63, 3.8) is 0 Å². The molecule has 0 radical (unpaired) electrons. The van der Waals surface area contributed by atoms with Crippen molar-refractivity contribution in [3.05, 3.63) is 29.8 Å². The largest absolute Gasteiger partial charge is 0.491 e. The lowest BCUT2D eigenvalue weighted by Gasteiger charge is -2.18. The molecule has 2 unspecified atom stereocenters. The van der Waals surface area contributed by atoms with Crippen LogP contribution in [0, 0.1) is 5.92 Å². The Kier molecular flexibility index (Phi) is 5.86. The lowest BCUT2D eigenvalue weighted by Crippen LogP contribution is -2.28. The summed E-state index contributed by atoms with van der Waals surface area (Å²) >= 11 is 0. The Hall–Kier alpha value is -1.06. The maximum absolute atomic E-state index is 5.85. The lowest BCUT2D eigenvalue weighted by molar-refractivity contribution is 0.0872. The summed E-state index contributed by atoms with van der Waals surface area (Å²) in [7, 11) is 0. The van der Waals surface area contributed by atoms with E-state index in [9.17, 15) is 0 Å². The normalized spacial score (nSPS) is 22.4. The number of rotatable bonds is 7. The van der Waals surface area contributed by atoms with Gasteiger partial charge in [0.1, 0.15) is 5.75 Å². The van der Waals surface area contributed by atoms with E-state index >= 15 is 0 Å². The molecule has 1 heterocycles. The van der Waals surface area contributed by atoms with Crippen LogP contribution in [0.4, 0.5) is 0 Å². The van der Waals surface area contributed by atoms with E-state index in [0.29, 0.717) is 12.0 Å². The molecule has 1 aliphatic heterocycles. The second-order valence-electron chi connectivity index (χ2n) is 5.77. The summed E-state index contributed by atoms with van der Waals surface area (Å²) in [5, 5.41) is 3.56. The maximum Gasteiger partial charge on any atom is 0.124 e. The third kappa shape index (κ3) is 4.22. The first-order chi connectivity index (χ1) is 9.70. The fraction of sp³-hybridized carbons (Fsp3) is 0.647. The molecule has 0 aliphatic carbocycles. The van der Waals surface area contributed by atoms with Gasteiger partial charge in [0.2, 0.25) is 0 Å². The van der Waals surface area contributed by atoms with Crippen molar-refractivity contribution < 1.29 is 9.47 Å². The van der Waals surface area contributed by atoms with Crippen LogP contribution in [0.2, 0.25) is 0 Å². The summed E-state index contributed by atoms with van der Waals surface area (Å²) in [6, 6.07) is 8.27. The van der Waals surface area contributed by atoms with Crippen LogP contribution >= 0.6 is 0 Å². The van der Waals surface area contributed by atoms with E-state index in [1.807, 2.05) is 12.1 Å². The SMILES string of the molecule is CCC1OCCC1CNCc1ccccc1OC(C)C. The molecule has 2 atom stereocenters. The van der Waals surface area contributed by atoms with Gasteiger partial charge in [-0.25, -0.2) is 0 Å². The Morgan fingerprint density at radius 1 is 1.35 bits per heavy atom. The fourth-order valence-corrected chi connectivity index (χ4v) is 2.79. The van der Waals surface area contributed by atoms with Crippen LogP contribution < -0.4 is 10.1 Å². The average molecular weight is 277 g/mol. The predicted molar refractivity (Wildman–Crippen MR) is 82.1 cm³/mol. The van der Waals surface area contributed by atoms with E-state index < -0.39 is 0 Å². The van der Waals surface area contributed by atoms with Gasteiger partial charge in [-0.05, 0) is 38.7 Å². The number of hydrogen-bond acceptors (Lipinski definition) is 3. The molecule has 112 valence electrons. The van der Waals surface area contributed by atoms with Gasteiger partial charge in [-0.3, -0.25) is 0 Å². The van der Waals surface area contributed by atoms with Gasteiger partial charge in [-0.1, -0.05) is 25.1 Å². The third-order valence-corrected chi connectivity index (χ3v) is 3.81. The van der Waals surface area contributed by atoms with E-state index in [1.54, 1.807) is 0 Å². The van der Waals surface area contributed by atoms with Crippen LogP contribution in [0.15, 0.2) is 24.3 Å². The Morgan fingerprint density at radius 3 is 2.90 bits per heavy atom. The minimum absolute atomic E-state index is 0.212. The summed E-state index contributed by atoms with van der Waals surface area (Å²) in [6.07, 6.45) is 2.93. The van der Waals surface area contributed by atoms with Crippen LogP contribution in [0.5, 0.6) is 5.75 Å². The molecular weight excluding hydrogens is 250 g/mol. The molecule has 0 aromatic heterocycles. The minimum atomic E-state index is 0.212. The molecular formula is C17H27NO2. The van der Waals surface area contributed by atoms with Gasteiger partial charge in [-0.2, -0.15) is 0 Å². The Balaban J connectivity index is 1.84. The molecule has 1 N–H and O–H groups in total. The van der Waals surface area contributed by atoms with Crippen molar-refractivity contribution in [2.75, 3.05) is 13.2 Å². The quantitative estimate of drug-likeness (QED) is 0.829. The van der Waals surface area contributed by atoms with Crippen LogP contribution in [0.1, 0.15) is 39.2 Å². The minimum Gasteiger partial charge on any atom is -0.491 e. The van der Waals surface area contributed by atoms with Gasteiger partial charge in [0, 0.05) is 25.3 Å². The van der Waals surface area contributed by atoms with Crippen molar-refractivity contribution >= 4 is 0 Å². The first-order valence-corrected chi connectivity index (χ1v) is 7.77. The number of hydrogen-bond donors (Lipinski definition) is 1. The predicted octanol–water partition coefficient (Wildman–Crippen LogP) is 3.38. The van der Waals surface area contributed by atoms with Gasteiger partial charge in [0.25, 0.3) is 0 Å². The summed E-state index contributed by atoms with van der Waals surface area (Å²) in [6.45, 7) is 9.12. The summed E-state index contributed by atoms with van der Waals surface area (Å²) in [4.78, 5) is 0. The lowest BCUT2D eigenvalue weighted by atomic mass is 9.99. The van der Waals surface area contributed by atoms with Crippen LogP contribution in [0.3, 0.4) is 0 Å². The molecule has 0 spiro atoms. The van der Waals surface area contributed by atoms with Gasteiger partial charge in [0.15, 0.2) is 0 Å². The second kappa shape index (κ2) is 7.65. The molecule has 0 amide bonds. The van der Waals surface area contributed by atoms with Gasteiger partial charge >= 0.3 is 0 Å². The fourth-order valence-electron chi connectivity index (χ4n) is 2.79. The molecule has 3 nitrogen and oxygen atoms in total. The highest BCUT2D eigenvalue weighted by atomic mass is 16.5. The summed E-state index contributed by atoms with van der Waals surface area (Å²) < 4.78 is 11.6. The monoisotopic (exact) mass is 277 g/mol. The van der Waals surface area contributed by atoms with E-state index in [0.717, 1.165) is 31.9 Å². The van der Waals surface area contributed by atoms with Crippen molar-refractivity contribution in [2.24, 2.45) is 5.92 Å². The standard InChI is InChI=1S/C17H27NO2/c1-4-16-15(9-10-19-16)12-18-11-14-7-5-6-8-17(14)20-13(2)3/h5-8,13,15-16,18H,4,9-12H2,1-3H3. The zero-order chi connectivity index (χ0) is 14.4. The molecule has 0 bridgehead atoms. The van der Waals surface area contributed by atoms with E-state index in [-0.39, 0.29) is 6.10 Å². The molecule has 1 aromatic rings. The Morgan fingerprint density at radius 2 is 2.15 bits per heavy atom. The van der Waals surface area contributed by atoms with Gasteiger partial charge < -0.3 is 14.8 Å². The Labute approximate surface area is 122 Å². The highest BCUT2D eigenvalue weighted by Crippen LogP contribution is 2.23. The van der Waals surface area contributed by atoms with E-state index in [1.165, 1.54) is 12.0 Å². The van der Waals surface area contributed by atoms with Gasteiger partial charge in [0.05, 0.1) is 12.2 Å². The highest BCUT2D eigenvalue weighted by Gasteiger charge is 2.26. The summed E-state index contributed by atoms with van der Waals surface area (Å²) in [5.41, 5.74) is 1.23. The molecule has 1 saturated heterocycles. The molecule has 1 aliphatic rings. The zero-order valence-electron chi connectivity index (χ0n) is 12.9. The topological polar surface area (TPSA) is 30.5 Å². The first-order valence-electron chi connectivity index (χ1n) is 7.77. The van der Waals surface area contributed by atoms with Gasteiger partial charge in [-0.15, -0.1) is 0 Å². The molecule has 1 aromatic carbocycles. The highest BCUT2D eigenvalue weighted by molar-refractivity contribution is 5.33. The van der Waals surface area contributed by atoms with Crippen LogP contribution in [-0.2, 0) is 11.3 Å². The molecule has 1 fully saturated rings. The first kappa shape index (κ1) is 15.3. The smallest absolute Gasteiger partial charge is 0.124 e. The van der Waals surface area contributed by atoms with Crippen LogP contribution in [-0.4, -0.2) is 25.4 Å². The zero-order valence-corrected chi connectivity index (χ0v) is 12.9. The number of benzene rings is 1. The maximum atomic E-state index is 5.85. The number of nitrogens with one attached hydrogen (secondary N) is 1. The third-order valence-electron chi connectivity index (χ3n) is 3.81. The van der Waals surface area contributed by atoms with E-state index in [4.69, 9.17) is 9.47 Å².